The van der Waals surface area contributed by atoms with Crippen LogP contribution in [0.5, 0.6) is 0 Å². The number of hydrogen-bond donors (Lipinski definition) is 4. The zero-order valence-electron chi connectivity index (χ0n) is 17.0. The summed E-state index contributed by atoms with van der Waals surface area (Å²) in [7, 11) is 0. The number of rotatable bonds is 3. The maximum Gasteiger partial charge on any atom is 0.358 e. The molecule has 0 aliphatic carbocycles. The Hall–Kier alpha value is -3.81. The Labute approximate surface area is 173 Å². The van der Waals surface area contributed by atoms with Crippen LogP contribution in [0, 0.1) is 20.8 Å². The van der Waals surface area contributed by atoms with Gasteiger partial charge in [-0.3, -0.25) is 14.6 Å². The third kappa shape index (κ3) is 4.12. The summed E-state index contributed by atoms with van der Waals surface area (Å²) in [5.74, 6) is 0.0581. The molecule has 30 heavy (non-hydrogen) atoms. The van der Waals surface area contributed by atoms with Crippen LogP contribution in [0.2, 0.25) is 0 Å². The monoisotopic (exact) mass is 403 g/mol. The van der Waals surface area contributed by atoms with E-state index in [1.807, 2.05) is 38.1 Å². The van der Waals surface area contributed by atoms with E-state index in [4.69, 9.17) is 0 Å². The quantitative estimate of drug-likeness (QED) is 0.520. The highest BCUT2D eigenvalue weighted by Crippen LogP contribution is 2.21. The molecule has 1 aliphatic heterocycles. The second-order valence-corrected chi connectivity index (χ2v) is 7.39. The zero-order chi connectivity index (χ0) is 21.3. The van der Waals surface area contributed by atoms with Crippen LogP contribution in [0.15, 0.2) is 42.5 Å². The van der Waals surface area contributed by atoms with Crippen molar-refractivity contribution in [1.29, 1.82) is 0 Å². The Bertz CT molecular complexity index is 1170. The number of carbonyl (C=O) groups excluding carboxylic acids is 2. The third-order valence-corrected chi connectivity index (χ3v) is 5.07. The highest BCUT2D eigenvalue weighted by molar-refractivity contribution is 6.05. The first-order valence-corrected chi connectivity index (χ1v) is 9.71. The summed E-state index contributed by atoms with van der Waals surface area (Å²) >= 11 is 0. The Balaban J connectivity index is 1.58. The van der Waals surface area contributed by atoms with Gasteiger partial charge in [0.25, 0.3) is 17.8 Å². The highest BCUT2D eigenvalue weighted by Gasteiger charge is 2.31. The number of fused-ring (bicyclic) bond motifs is 1. The lowest BCUT2D eigenvalue weighted by Crippen LogP contribution is -2.89. The van der Waals surface area contributed by atoms with E-state index in [1.165, 1.54) is 5.56 Å². The molecule has 0 spiro atoms. The molecule has 2 amide bonds. The number of para-hydroxylation sites is 1. The number of anilines is 2. The Morgan fingerprint density at radius 3 is 2.60 bits per heavy atom. The van der Waals surface area contributed by atoms with E-state index in [9.17, 15) is 9.59 Å². The maximum absolute atomic E-state index is 12.6. The fraction of sp³-hybridized carbons (Fsp3) is 0.227. The summed E-state index contributed by atoms with van der Waals surface area (Å²) in [4.78, 5) is 36.8. The van der Waals surface area contributed by atoms with Crippen molar-refractivity contribution in [2.75, 3.05) is 10.6 Å². The average molecular weight is 403 g/mol. The number of carbonyl (C=O) groups is 2. The van der Waals surface area contributed by atoms with E-state index in [0.717, 1.165) is 22.2 Å². The summed E-state index contributed by atoms with van der Waals surface area (Å²) < 4.78 is 0. The van der Waals surface area contributed by atoms with Crippen LogP contribution >= 0.6 is 0 Å². The summed E-state index contributed by atoms with van der Waals surface area (Å²) in [6, 6.07) is 12.5. The molecule has 0 fully saturated rings. The summed E-state index contributed by atoms with van der Waals surface area (Å²) in [6.07, 6.45) is 0.0277. The standard InChI is InChI=1S/C22H22N6O2/c1-12-9-16-14(3)23-21(25-17(16)10-13(12)2)28-22-26-18(11-19(29)27-22)20(30)24-15-7-5-4-6-8-15/h4-10,18H,11H2,1-3H3,(H,24,30)(H2,23,25,26,27,28,29)/p+1/t18-/m1/s1. The molecule has 1 aliphatic rings. The van der Waals surface area contributed by atoms with Crippen LogP contribution in [-0.2, 0) is 9.59 Å². The van der Waals surface area contributed by atoms with E-state index >= 15 is 0 Å². The molecular formula is C22H23N6O2+. The number of benzene rings is 2. The first-order valence-electron chi connectivity index (χ1n) is 9.71. The minimum Gasteiger partial charge on any atom is -0.323 e. The number of hydrogen-bond acceptors (Lipinski definition) is 5. The Kier molecular flexibility index (Phi) is 5.14. The van der Waals surface area contributed by atoms with Crippen molar-refractivity contribution >= 4 is 40.3 Å². The maximum atomic E-state index is 12.6. The van der Waals surface area contributed by atoms with Gasteiger partial charge in [0.2, 0.25) is 0 Å². The summed E-state index contributed by atoms with van der Waals surface area (Å²) in [6.45, 7) is 6.00. The van der Waals surface area contributed by atoms with Crippen molar-refractivity contribution < 1.29 is 14.6 Å². The van der Waals surface area contributed by atoms with Gasteiger partial charge in [-0.15, -0.1) is 0 Å². The minimum atomic E-state index is -0.715. The van der Waals surface area contributed by atoms with E-state index in [1.54, 1.807) is 12.1 Å². The highest BCUT2D eigenvalue weighted by atomic mass is 16.2. The Morgan fingerprint density at radius 2 is 1.83 bits per heavy atom. The van der Waals surface area contributed by atoms with Crippen LogP contribution in [0.4, 0.5) is 11.6 Å². The predicted octanol–water partition coefficient (Wildman–Crippen LogP) is 0.931. The molecule has 8 heteroatoms. The molecule has 0 saturated heterocycles. The molecule has 8 nitrogen and oxygen atoms in total. The lowest BCUT2D eigenvalue weighted by atomic mass is 10.1. The van der Waals surface area contributed by atoms with Gasteiger partial charge in [0.1, 0.15) is 0 Å². The fourth-order valence-electron chi connectivity index (χ4n) is 3.32. The van der Waals surface area contributed by atoms with Crippen LogP contribution < -0.4 is 20.9 Å². The van der Waals surface area contributed by atoms with Crippen molar-refractivity contribution in [3.05, 3.63) is 59.3 Å². The smallest absolute Gasteiger partial charge is 0.323 e. The third-order valence-electron chi connectivity index (χ3n) is 5.07. The van der Waals surface area contributed by atoms with Gasteiger partial charge in [0.05, 0.1) is 17.6 Å². The molecule has 0 bridgehead atoms. The number of aromatic nitrogens is 2. The molecule has 3 aromatic rings. The van der Waals surface area contributed by atoms with Crippen LogP contribution in [0.25, 0.3) is 10.9 Å². The molecule has 152 valence electrons. The van der Waals surface area contributed by atoms with Gasteiger partial charge >= 0.3 is 5.96 Å². The van der Waals surface area contributed by atoms with Crippen LogP contribution in [0.1, 0.15) is 23.2 Å². The number of aryl methyl sites for hydroxylation is 3. The molecule has 0 saturated carbocycles. The normalized spacial score (nSPS) is 16.0. The van der Waals surface area contributed by atoms with Gasteiger partial charge in [0.15, 0.2) is 6.04 Å². The van der Waals surface area contributed by atoms with Crippen LogP contribution in [-0.4, -0.2) is 33.8 Å². The molecule has 4 N–H and O–H groups in total. The second kappa shape index (κ2) is 7.90. The first-order chi connectivity index (χ1) is 14.4. The minimum absolute atomic E-state index is 0.0277. The summed E-state index contributed by atoms with van der Waals surface area (Å²) in [5.41, 5.74) is 4.63. The molecule has 2 heterocycles. The van der Waals surface area contributed by atoms with Gasteiger partial charge in [-0.2, -0.15) is 4.98 Å². The van der Waals surface area contributed by atoms with Crippen molar-refractivity contribution in [3.63, 3.8) is 0 Å². The van der Waals surface area contributed by atoms with Gasteiger partial charge in [-0.25, -0.2) is 15.6 Å². The molecule has 4 rings (SSSR count). The van der Waals surface area contributed by atoms with Gasteiger partial charge in [-0.05, 0) is 56.2 Å². The zero-order valence-corrected chi connectivity index (χ0v) is 17.0. The predicted molar refractivity (Wildman–Crippen MR) is 115 cm³/mol. The van der Waals surface area contributed by atoms with Crippen molar-refractivity contribution in [1.82, 2.24) is 15.3 Å². The first kappa shape index (κ1) is 19.5. The molecule has 2 aromatic carbocycles. The number of amides is 2. The molecule has 0 radical (unpaired) electrons. The number of nitrogens with zero attached hydrogens (tertiary/aromatic N) is 2. The van der Waals surface area contributed by atoms with Crippen molar-refractivity contribution in [2.45, 2.75) is 33.2 Å². The second-order valence-electron chi connectivity index (χ2n) is 7.39. The van der Waals surface area contributed by atoms with E-state index in [0.29, 0.717) is 11.6 Å². The molecule has 1 atom stereocenters. The van der Waals surface area contributed by atoms with E-state index < -0.39 is 6.04 Å². The average Bonchev–Trinajstić information content (AvgIpc) is 2.70. The van der Waals surface area contributed by atoms with Gasteiger partial charge in [-0.1, -0.05) is 18.2 Å². The lowest BCUT2D eigenvalue weighted by molar-refractivity contribution is -0.490. The van der Waals surface area contributed by atoms with Gasteiger partial charge < -0.3 is 5.32 Å². The molecule has 0 unspecified atom stereocenters. The number of nitrogens with one attached hydrogen (secondary N) is 4. The molecular weight excluding hydrogens is 380 g/mol. The van der Waals surface area contributed by atoms with Crippen LogP contribution in [0.3, 0.4) is 0 Å². The van der Waals surface area contributed by atoms with E-state index in [2.05, 4.69) is 43.9 Å². The molecule has 1 aromatic heterocycles. The van der Waals surface area contributed by atoms with Gasteiger partial charge in [0, 0.05) is 11.1 Å². The Morgan fingerprint density at radius 1 is 1.10 bits per heavy atom. The largest absolute Gasteiger partial charge is 0.358 e. The number of guanidine groups is 1. The van der Waals surface area contributed by atoms with E-state index in [-0.39, 0.29) is 24.2 Å². The van der Waals surface area contributed by atoms with Crippen molar-refractivity contribution in [3.8, 4) is 0 Å². The van der Waals surface area contributed by atoms with Crippen molar-refractivity contribution in [2.24, 2.45) is 0 Å². The lowest BCUT2D eigenvalue weighted by Gasteiger charge is -2.17. The fourth-order valence-corrected chi connectivity index (χ4v) is 3.32. The SMILES string of the molecule is Cc1cc2nc(NC3=[NH+][C@@H](C(=O)Nc4ccccc4)CC(=O)N3)nc(C)c2cc1C. The summed E-state index contributed by atoms with van der Waals surface area (Å²) in [5, 5.41) is 9.48. The topological polar surface area (TPSA) is 110 Å².